The van der Waals surface area contributed by atoms with Gasteiger partial charge >= 0.3 is 0 Å². The largest absolute Gasteiger partial charge is 0.368 e. The molecule has 0 aliphatic carbocycles. The lowest BCUT2D eigenvalue weighted by Crippen LogP contribution is -2.49. The molecule has 0 bridgehead atoms. The Morgan fingerprint density at radius 1 is 0.663 bits per heavy atom. The highest BCUT2D eigenvalue weighted by Gasteiger charge is 2.23. The summed E-state index contributed by atoms with van der Waals surface area (Å²) in [5.41, 5.74) is 25.8. The molecule has 2 amide bonds. The number of amides is 2. The topological polar surface area (TPSA) is 379 Å². The molecule has 434 valence electrons. The summed E-state index contributed by atoms with van der Waals surface area (Å²) in [5, 5.41) is 28.8. The summed E-state index contributed by atoms with van der Waals surface area (Å²) in [6.45, 7) is 10.00. The van der Waals surface area contributed by atoms with Gasteiger partial charge in [-0.1, -0.05) is 53.8 Å². The van der Waals surface area contributed by atoms with Gasteiger partial charge in [0.25, 0.3) is 0 Å². The number of aromatic nitrogens is 10. The van der Waals surface area contributed by atoms with E-state index in [9.17, 15) is 14.4 Å². The van der Waals surface area contributed by atoms with Crippen LogP contribution in [0.5, 0.6) is 0 Å². The van der Waals surface area contributed by atoms with Crippen LogP contribution in [-0.4, -0.2) is 136 Å². The number of piperazine rings is 2. The van der Waals surface area contributed by atoms with Crippen LogP contribution in [-0.2, 0) is 16.1 Å². The third-order valence-electron chi connectivity index (χ3n) is 12.1. The number of nitrogens with zero attached hydrogens (tertiary/aromatic N) is 18. The highest BCUT2D eigenvalue weighted by atomic mass is 35.5. The minimum absolute atomic E-state index is 0. The van der Waals surface area contributed by atoms with Crippen LogP contribution in [0, 0.1) is 13.8 Å². The van der Waals surface area contributed by atoms with Crippen molar-refractivity contribution in [2.24, 2.45) is 27.8 Å². The number of carbonyl (C=O) groups is 3. The summed E-state index contributed by atoms with van der Waals surface area (Å²) in [4.78, 5) is 64.0. The fourth-order valence-electron chi connectivity index (χ4n) is 7.89. The zero-order valence-electron chi connectivity index (χ0n) is 43.9. The Kier molecular flexibility index (Phi) is 25.7. The first kappa shape index (κ1) is 65.2. The standard InChI is InChI=1S/C19H19ClN8O.C13H16Cl2N2O.C6H3Cl2NO.C6H4N6.C6H7N5.CH4.H4N2/c1-13-10-15(3-4-16(13)20)26-6-8-27(9-7-26)18(29)12-28-19-14(11-22-28)2-5-17(23-19)24-25-21;1-10-8-11(2-3-12(10)15)16-4-6-17(7-5-16)13(18)9-14;7-5-2-1-4(3-10)6(8)9-5;7-12-10-5-2-1-4-3-8-11-6(4)9-5;7-10-5-2-1-4-3-8-11-6(4)9-5;;1-2/h2-5,10-11H,6-9,12H2,1H3;2-3,8H,4-7,9H2,1H3;1-3H;1-3H,(H,8,9,11);1-3H,7H2,(H2,8,9,10,11);1H4;1-2H2. The summed E-state index contributed by atoms with van der Waals surface area (Å²) in [5.74, 6) is 14.5. The minimum Gasteiger partial charge on any atom is -0.368 e. The van der Waals surface area contributed by atoms with E-state index < -0.39 is 0 Å². The number of aromatic amines is 2. The van der Waals surface area contributed by atoms with Crippen molar-refractivity contribution in [2.45, 2.75) is 27.8 Å². The van der Waals surface area contributed by atoms with Gasteiger partial charge in [-0.2, -0.15) is 15.3 Å². The Morgan fingerprint density at radius 2 is 1.17 bits per heavy atom. The number of aldehydes is 1. The van der Waals surface area contributed by atoms with Crippen LogP contribution in [0.1, 0.15) is 28.9 Å². The Morgan fingerprint density at radius 3 is 1.66 bits per heavy atom. The van der Waals surface area contributed by atoms with Crippen molar-refractivity contribution in [3.63, 3.8) is 0 Å². The number of hydrogen-bond donors (Lipinski definition) is 6. The predicted molar refractivity (Wildman–Crippen MR) is 326 cm³/mol. The maximum atomic E-state index is 12.8. The second-order valence-corrected chi connectivity index (χ2v) is 19.1. The van der Waals surface area contributed by atoms with Gasteiger partial charge in [0, 0.05) is 99.8 Å². The molecule has 7 aromatic heterocycles. The number of carbonyl (C=O) groups excluding carboxylic acids is 3. The molecular formula is C51H57Cl5N24O3. The molecule has 32 heteroatoms. The fourth-order valence-corrected chi connectivity index (χ4v) is 8.68. The van der Waals surface area contributed by atoms with Gasteiger partial charge in [0.05, 0.1) is 24.2 Å². The van der Waals surface area contributed by atoms with E-state index in [1.165, 1.54) is 12.1 Å². The highest BCUT2D eigenvalue weighted by molar-refractivity contribution is 6.34. The maximum absolute atomic E-state index is 12.8. The molecule has 0 atom stereocenters. The van der Waals surface area contributed by atoms with Crippen molar-refractivity contribution in [1.29, 1.82) is 0 Å². The van der Waals surface area contributed by atoms with Gasteiger partial charge in [-0.3, -0.25) is 36.3 Å². The quantitative estimate of drug-likeness (QED) is 0.0114. The van der Waals surface area contributed by atoms with Gasteiger partial charge in [0.2, 0.25) is 11.8 Å². The first-order valence-electron chi connectivity index (χ1n) is 24.4. The van der Waals surface area contributed by atoms with Crippen molar-refractivity contribution in [1.82, 2.24) is 59.9 Å². The van der Waals surface area contributed by atoms with Crippen LogP contribution in [0.4, 0.5) is 28.8 Å². The number of fused-ring (bicyclic) bond motifs is 3. The molecule has 2 aromatic carbocycles. The summed E-state index contributed by atoms with van der Waals surface area (Å²) < 4.78 is 1.54. The zero-order valence-corrected chi connectivity index (χ0v) is 47.6. The lowest BCUT2D eigenvalue weighted by atomic mass is 10.2. The average molecular weight is 1230 g/mol. The molecular weight excluding hydrogens is 1170 g/mol. The number of halogens is 5. The van der Waals surface area contributed by atoms with Crippen LogP contribution < -0.4 is 32.8 Å². The molecule has 83 heavy (non-hydrogen) atoms. The van der Waals surface area contributed by atoms with E-state index in [1.54, 1.807) is 53.6 Å². The van der Waals surface area contributed by atoms with Crippen LogP contribution in [0.15, 0.2) is 114 Å². The summed E-state index contributed by atoms with van der Waals surface area (Å²) in [6, 6.07) is 25.5. The van der Waals surface area contributed by atoms with E-state index in [-0.39, 0.29) is 47.8 Å². The van der Waals surface area contributed by atoms with Crippen molar-refractivity contribution >= 4 is 138 Å². The van der Waals surface area contributed by atoms with E-state index in [4.69, 9.17) is 74.9 Å². The number of aryl methyl sites for hydroxylation is 2. The van der Waals surface area contributed by atoms with Gasteiger partial charge in [-0.05, 0) is 131 Å². The van der Waals surface area contributed by atoms with Gasteiger partial charge in [0.15, 0.2) is 23.2 Å². The summed E-state index contributed by atoms with van der Waals surface area (Å²) in [7, 11) is 0. The maximum Gasteiger partial charge on any atom is 0.244 e. The van der Waals surface area contributed by atoms with Gasteiger partial charge < -0.3 is 25.0 Å². The smallest absolute Gasteiger partial charge is 0.244 e. The third-order valence-corrected chi connectivity index (χ3v) is 13.7. The van der Waals surface area contributed by atoms with Gasteiger partial charge in [-0.25, -0.2) is 30.5 Å². The first-order chi connectivity index (χ1) is 39.7. The number of rotatable bonds is 9. The van der Waals surface area contributed by atoms with E-state index >= 15 is 0 Å². The number of nitrogens with one attached hydrogen (secondary N) is 3. The van der Waals surface area contributed by atoms with Crippen LogP contribution >= 0.6 is 58.0 Å². The number of azide groups is 2. The lowest BCUT2D eigenvalue weighted by molar-refractivity contribution is -0.132. The number of H-pyrrole nitrogens is 2. The molecule has 9 N–H and O–H groups in total. The monoisotopic (exact) mass is 1230 g/mol. The molecule has 2 aliphatic heterocycles. The Bertz CT molecular complexity index is 3700. The SMILES string of the molecule is C.Cc1cc(N2CCN(C(=O)CCl)CC2)ccc1Cl.Cc1cc(N2CCN(C(=O)Cn3ncc4ccc(N=[N+]=[N-])nc43)CC2)ccc1Cl.NN.NNc1ccc2cn[nH]c2n1.O=Cc1ccc(Cl)nc1Cl.[N-]=[N+]=Nc1ccc2cn[nH]c2n1. The number of pyridine rings is 4. The number of alkyl halides is 1. The van der Waals surface area contributed by atoms with Gasteiger partial charge in [-0.15, -0.1) is 11.6 Å². The zero-order chi connectivity index (χ0) is 59.1. The van der Waals surface area contributed by atoms with E-state index in [2.05, 4.69) is 105 Å². The predicted octanol–water partition coefficient (Wildman–Crippen LogP) is 10.0. The Balaban J connectivity index is 0.000000201. The second kappa shape index (κ2) is 32.8. The number of benzene rings is 2. The number of anilines is 3. The molecule has 11 rings (SSSR count). The normalized spacial score (nSPS) is 12.4. The number of hydrogen-bond acceptors (Lipinski definition) is 18. The molecule has 0 unspecified atom stereocenters. The third kappa shape index (κ3) is 18.5. The summed E-state index contributed by atoms with van der Waals surface area (Å²) >= 11 is 28.7. The minimum atomic E-state index is -0.0158. The fraction of sp³-hybridized carbons (Fsp3) is 0.255. The molecule has 2 fully saturated rings. The molecule has 0 saturated carbocycles. The molecule has 27 nitrogen and oxygen atoms in total. The average Bonchev–Trinajstić information content (AvgIpc) is 4.35. The summed E-state index contributed by atoms with van der Waals surface area (Å²) in [6.07, 6.45) is 5.65. The lowest BCUT2D eigenvalue weighted by Gasteiger charge is -2.36. The Hall–Kier alpha value is -8.59. The second-order valence-electron chi connectivity index (χ2n) is 17.3. The first-order valence-corrected chi connectivity index (χ1v) is 26.5. The number of nitrogens with two attached hydrogens (primary N) is 3. The molecule has 9 heterocycles. The molecule has 9 aromatic rings. The van der Waals surface area contributed by atoms with E-state index in [0.29, 0.717) is 47.9 Å². The molecule has 0 radical (unpaired) electrons. The van der Waals surface area contributed by atoms with Crippen molar-refractivity contribution in [3.05, 3.63) is 161 Å². The van der Waals surface area contributed by atoms with E-state index in [1.807, 2.05) is 54.0 Å². The molecule has 2 saturated heterocycles. The van der Waals surface area contributed by atoms with Crippen molar-refractivity contribution in [3.8, 4) is 0 Å². The number of hydrazine groups is 2. The van der Waals surface area contributed by atoms with Crippen LogP contribution in [0.25, 0.3) is 54.0 Å². The molecule has 0 spiro atoms. The van der Waals surface area contributed by atoms with Crippen molar-refractivity contribution < 1.29 is 14.4 Å². The van der Waals surface area contributed by atoms with Crippen LogP contribution in [0.3, 0.4) is 0 Å². The Labute approximate surface area is 500 Å². The number of nitrogen functional groups attached to an aromatic ring is 1. The van der Waals surface area contributed by atoms with E-state index in [0.717, 1.165) is 93.6 Å². The highest BCUT2D eigenvalue weighted by Crippen LogP contribution is 2.26. The van der Waals surface area contributed by atoms with Gasteiger partial charge in [0.1, 0.15) is 40.2 Å². The van der Waals surface area contributed by atoms with Crippen LogP contribution in [0.2, 0.25) is 20.4 Å². The van der Waals surface area contributed by atoms with Crippen molar-refractivity contribution in [2.75, 3.05) is 73.5 Å². The molecule has 2 aliphatic rings.